The number of furan rings is 1. The summed E-state index contributed by atoms with van der Waals surface area (Å²) in [6.07, 6.45) is 7.78. The zero-order valence-electron chi connectivity index (χ0n) is 10.8. The minimum atomic E-state index is 0.0555. The normalized spacial score (nSPS) is 45.7. The zero-order chi connectivity index (χ0) is 11.8. The molecule has 2 fully saturated rings. The molecule has 1 aromatic rings. The molecule has 0 amide bonds. The number of ether oxygens (including phenoxy) is 1. The van der Waals surface area contributed by atoms with E-state index in [-0.39, 0.29) is 5.60 Å². The summed E-state index contributed by atoms with van der Waals surface area (Å²) in [7, 11) is 0. The number of hydrogen-bond acceptors (Lipinski definition) is 2. The first-order chi connectivity index (χ1) is 7.99. The van der Waals surface area contributed by atoms with Crippen molar-refractivity contribution in [2.45, 2.75) is 51.7 Å². The van der Waals surface area contributed by atoms with Crippen molar-refractivity contribution in [2.75, 3.05) is 0 Å². The highest BCUT2D eigenvalue weighted by Gasteiger charge is 2.60. The van der Waals surface area contributed by atoms with Gasteiger partial charge in [-0.2, -0.15) is 0 Å². The lowest BCUT2D eigenvalue weighted by Crippen LogP contribution is -2.36. The van der Waals surface area contributed by atoms with Gasteiger partial charge in [0, 0.05) is 12.0 Å². The van der Waals surface area contributed by atoms with Gasteiger partial charge in [0.2, 0.25) is 0 Å². The number of fused-ring (bicyclic) bond motifs is 7. The van der Waals surface area contributed by atoms with Crippen LogP contribution in [0, 0.1) is 17.3 Å². The Balaban J connectivity index is 1.82. The summed E-state index contributed by atoms with van der Waals surface area (Å²) < 4.78 is 11.8. The molecule has 17 heavy (non-hydrogen) atoms. The van der Waals surface area contributed by atoms with Crippen LogP contribution in [0.3, 0.4) is 0 Å². The van der Waals surface area contributed by atoms with Crippen molar-refractivity contribution in [1.82, 2.24) is 0 Å². The van der Waals surface area contributed by atoms with Crippen LogP contribution in [0.2, 0.25) is 0 Å². The van der Waals surface area contributed by atoms with Crippen LogP contribution in [0.4, 0.5) is 0 Å². The van der Waals surface area contributed by atoms with Gasteiger partial charge in [-0.15, -0.1) is 0 Å². The lowest BCUT2D eigenvalue weighted by molar-refractivity contribution is -0.0683. The van der Waals surface area contributed by atoms with Gasteiger partial charge in [0.25, 0.3) is 0 Å². The minimum absolute atomic E-state index is 0.0555. The monoisotopic (exact) mass is 232 g/mol. The highest BCUT2D eigenvalue weighted by molar-refractivity contribution is 5.33. The van der Waals surface area contributed by atoms with Crippen molar-refractivity contribution in [3.8, 4) is 0 Å². The molecule has 4 atom stereocenters. The maximum atomic E-state index is 6.37. The van der Waals surface area contributed by atoms with E-state index in [4.69, 9.17) is 9.15 Å². The lowest BCUT2D eigenvalue weighted by atomic mass is 9.80. The Bertz CT molecular complexity index is 473. The quantitative estimate of drug-likeness (QED) is 0.680. The molecule has 2 nitrogen and oxygen atoms in total. The van der Waals surface area contributed by atoms with Crippen LogP contribution in [-0.2, 0) is 11.2 Å². The molecule has 1 aromatic heterocycles. The van der Waals surface area contributed by atoms with Crippen LogP contribution >= 0.6 is 0 Å². The van der Waals surface area contributed by atoms with E-state index in [0.717, 1.165) is 12.3 Å². The first-order valence-corrected chi connectivity index (χ1v) is 6.71. The molecular weight excluding hydrogens is 212 g/mol. The molecule has 0 radical (unpaired) electrons. The lowest BCUT2D eigenvalue weighted by Gasteiger charge is -2.35. The van der Waals surface area contributed by atoms with Gasteiger partial charge in [-0.3, -0.25) is 0 Å². The van der Waals surface area contributed by atoms with Crippen LogP contribution in [0.5, 0.6) is 0 Å². The Morgan fingerprint density at radius 3 is 2.82 bits per heavy atom. The van der Waals surface area contributed by atoms with Crippen molar-refractivity contribution in [3.63, 3.8) is 0 Å². The third-order valence-corrected chi connectivity index (χ3v) is 5.27. The van der Waals surface area contributed by atoms with Crippen LogP contribution < -0.4 is 0 Å². The minimum Gasteiger partial charge on any atom is -0.472 e. The Kier molecular flexibility index (Phi) is 1.68. The average molecular weight is 232 g/mol. The van der Waals surface area contributed by atoms with Crippen LogP contribution in [0.15, 0.2) is 16.9 Å². The summed E-state index contributed by atoms with van der Waals surface area (Å²) >= 11 is 0. The van der Waals surface area contributed by atoms with E-state index in [1.165, 1.54) is 24.0 Å². The number of hydrogen-bond donors (Lipinski definition) is 0. The first kappa shape index (κ1) is 10.2. The van der Waals surface area contributed by atoms with Crippen LogP contribution in [0.25, 0.3) is 0 Å². The fourth-order valence-corrected chi connectivity index (χ4v) is 4.63. The van der Waals surface area contributed by atoms with Gasteiger partial charge in [0.05, 0.1) is 24.2 Å². The highest BCUT2D eigenvalue weighted by Crippen LogP contribution is 2.64. The summed E-state index contributed by atoms with van der Waals surface area (Å²) in [5.74, 6) is 1.43. The summed E-state index contributed by atoms with van der Waals surface area (Å²) in [6, 6.07) is 0. The summed E-state index contributed by atoms with van der Waals surface area (Å²) in [5.41, 5.74) is 3.25. The molecule has 2 bridgehead atoms. The van der Waals surface area contributed by atoms with E-state index >= 15 is 0 Å². The van der Waals surface area contributed by atoms with Crippen molar-refractivity contribution in [2.24, 2.45) is 17.3 Å². The molecule has 0 N–H and O–H groups in total. The predicted octanol–water partition coefficient (Wildman–Crippen LogP) is 3.72. The largest absolute Gasteiger partial charge is 0.472 e. The molecular formula is C15H20O2. The van der Waals surface area contributed by atoms with E-state index in [1.54, 1.807) is 0 Å². The maximum absolute atomic E-state index is 6.37. The molecule has 3 heterocycles. The Morgan fingerprint density at radius 1 is 1.18 bits per heavy atom. The van der Waals surface area contributed by atoms with E-state index in [9.17, 15) is 0 Å². The topological polar surface area (TPSA) is 22.4 Å². The molecule has 3 aliphatic rings. The molecule has 2 heteroatoms. The third kappa shape index (κ3) is 1.20. The first-order valence-electron chi connectivity index (χ1n) is 6.71. The molecule has 0 unspecified atom stereocenters. The van der Waals surface area contributed by atoms with E-state index < -0.39 is 0 Å². The van der Waals surface area contributed by atoms with Gasteiger partial charge in [-0.25, -0.2) is 0 Å². The van der Waals surface area contributed by atoms with Gasteiger partial charge in [0.1, 0.15) is 0 Å². The van der Waals surface area contributed by atoms with Crippen molar-refractivity contribution < 1.29 is 9.15 Å². The van der Waals surface area contributed by atoms with Gasteiger partial charge in [-0.05, 0) is 42.6 Å². The second-order valence-corrected chi connectivity index (χ2v) is 7.22. The predicted molar refractivity (Wildman–Crippen MR) is 64.6 cm³/mol. The second kappa shape index (κ2) is 2.80. The smallest absolute Gasteiger partial charge is 0.0963 e. The van der Waals surface area contributed by atoms with E-state index in [1.807, 2.05) is 12.5 Å². The van der Waals surface area contributed by atoms with Gasteiger partial charge < -0.3 is 9.15 Å². The standard InChI is InChI=1S/C15H20O2/c1-14(2)5-10-12(6-14)15(3)4-9-7-16-8-11(9)13(10)17-15/h7-8,10,12-13H,4-6H2,1-3H3/t10-,12+,13-,15+/m0/s1. The molecule has 0 aromatic carbocycles. The number of rotatable bonds is 0. The van der Waals surface area contributed by atoms with Crippen molar-refractivity contribution in [1.29, 1.82) is 0 Å². The molecule has 4 rings (SSSR count). The molecule has 92 valence electrons. The highest BCUT2D eigenvalue weighted by atomic mass is 16.5. The van der Waals surface area contributed by atoms with Crippen molar-refractivity contribution >= 4 is 0 Å². The average Bonchev–Trinajstić information content (AvgIpc) is 2.84. The Hall–Kier alpha value is -0.760. The zero-order valence-corrected chi connectivity index (χ0v) is 10.8. The molecule has 1 saturated heterocycles. The summed E-state index contributed by atoms with van der Waals surface area (Å²) in [4.78, 5) is 0. The van der Waals surface area contributed by atoms with E-state index in [2.05, 4.69) is 20.8 Å². The van der Waals surface area contributed by atoms with Gasteiger partial charge in [0.15, 0.2) is 0 Å². The van der Waals surface area contributed by atoms with Gasteiger partial charge in [-0.1, -0.05) is 13.8 Å². The van der Waals surface area contributed by atoms with E-state index in [0.29, 0.717) is 17.4 Å². The summed E-state index contributed by atoms with van der Waals surface area (Å²) in [5, 5.41) is 0. The third-order valence-electron chi connectivity index (χ3n) is 5.27. The van der Waals surface area contributed by atoms with Crippen LogP contribution in [0.1, 0.15) is 50.8 Å². The van der Waals surface area contributed by atoms with Crippen molar-refractivity contribution in [3.05, 3.63) is 23.7 Å². The Labute approximate surface area is 102 Å². The summed E-state index contributed by atoms with van der Waals surface area (Å²) in [6.45, 7) is 7.11. The van der Waals surface area contributed by atoms with Gasteiger partial charge >= 0.3 is 0 Å². The molecule has 1 saturated carbocycles. The Morgan fingerprint density at radius 2 is 2.00 bits per heavy atom. The molecule has 1 aliphatic carbocycles. The fraction of sp³-hybridized carbons (Fsp3) is 0.733. The molecule has 0 spiro atoms. The second-order valence-electron chi connectivity index (χ2n) is 7.22. The maximum Gasteiger partial charge on any atom is 0.0963 e. The SMILES string of the molecule is CC1(C)C[C@@H]2[C@@H]3O[C@](C)(Cc4cocc43)[C@@H]2C1. The molecule has 2 aliphatic heterocycles. The fourth-order valence-electron chi connectivity index (χ4n) is 4.63. The van der Waals surface area contributed by atoms with Crippen LogP contribution in [-0.4, -0.2) is 5.60 Å².